The van der Waals surface area contributed by atoms with Crippen molar-refractivity contribution in [2.24, 2.45) is 0 Å². The highest BCUT2D eigenvalue weighted by molar-refractivity contribution is 9.10. The SMILES string of the molecule is CN(Cc1cccc(Cl)c1Cl)C(=O)c1ccnc(Br)c1. The number of hydrogen-bond acceptors (Lipinski definition) is 2. The first-order valence-corrected chi connectivity index (χ1v) is 7.34. The summed E-state index contributed by atoms with van der Waals surface area (Å²) in [6.07, 6.45) is 1.58. The monoisotopic (exact) mass is 372 g/mol. The van der Waals surface area contributed by atoms with Crippen LogP contribution in [-0.4, -0.2) is 22.8 Å². The van der Waals surface area contributed by atoms with Crippen molar-refractivity contribution >= 4 is 45.0 Å². The van der Waals surface area contributed by atoms with E-state index in [9.17, 15) is 4.79 Å². The molecule has 1 heterocycles. The van der Waals surface area contributed by atoms with Gasteiger partial charge in [0.2, 0.25) is 0 Å². The van der Waals surface area contributed by atoms with E-state index in [1.165, 1.54) is 0 Å². The van der Waals surface area contributed by atoms with Crippen LogP contribution in [0.15, 0.2) is 41.1 Å². The number of pyridine rings is 1. The van der Waals surface area contributed by atoms with Gasteiger partial charge in [0, 0.05) is 25.4 Å². The normalized spacial score (nSPS) is 10.4. The molecule has 0 unspecified atom stereocenters. The molecule has 0 aliphatic carbocycles. The summed E-state index contributed by atoms with van der Waals surface area (Å²) in [6, 6.07) is 8.72. The van der Waals surface area contributed by atoms with E-state index in [0.29, 0.717) is 26.8 Å². The zero-order valence-electron chi connectivity index (χ0n) is 10.6. The van der Waals surface area contributed by atoms with Gasteiger partial charge in [0.1, 0.15) is 4.60 Å². The van der Waals surface area contributed by atoms with Crippen LogP contribution in [0.4, 0.5) is 0 Å². The topological polar surface area (TPSA) is 33.2 Å². The van der Waals surface area contributed by atoms with Crippen LogP contribution in [0.5, 0.6) is 0 Å². The van der Waals surface area contributed by atoms with Crippen molar-refractivity contribution in [3.8, 4) is 0 Å². The summed E-state index contributed by atoms with van der Waals surface area (Å²) in [4.78, 5) is 17.9. The number of amides is 1. The zero-order valence-corrected chi connectivity index (χ0v) is 13.7. The first kappa shape index (κ1) is 15.3. The summed E-state index contributed by atoms with van der Waals surface area (Å²) < 4.78 is 0.623. The molecule has 0 atom stereocenters. The van der Waals surface area contributed by atoms with Gasteiger partial charge in [0.25, 0.3) is 5.91 Å². The van der Waals surface area contributed by atoms with Crippen molar-refractivity contribution in [3.63, 3.8) is 0 Å². The molecule has 0 saturated carbocycles. The third-order valence-electron chi connectivity index (χ3n) is 2.76. The minimum atomic E-state index is -0.107. The molecule has 2 aromatic rings. The van der Waals surface area contributed by atoms with Crippen molar-refractivity contribution in [3.05, 3.63) is 62.3 Å². The smallest absolute Gasteiger partial charge is 0.254 e. The molecule has 104 valence electrons. The number of benzene rings is 1. The van der Waals surface area contributed by atoms with Gasteiger partial charge in [0.15, 0.2) is 0 Å². The molecule has 0 spiro atoms. The highest BCUT2D eigenvalue weighted by Gasteiger charge is 2.14. The lowest BCUT2D eigenvalue weighted by molar-refractivity contribution is 0.0785. The maximum absolute atomic E-state index is 12.3. The lowest BCUT2D eigenvalue weighted by Crippen LogP contribution is -2.26. The van der Waals surface area contributed by atoms with Crippen molar-refractivity contribution < 1.29 is 4.79 Å². The minimum absolute atomic E-state index is 0.107. The maximum atomic E-state index is 12.3. The Bertz CT molecular complexity index is 649. The lowest BCUT2D eigenvalue weighted by Gasteiger charge is -2.18. The predicted octanol–water partition coefficient (Wildman–Crippen LogP) is 4.42. The van der Waals surface area contributed by atoms with Crippen LogP contribution < -0.4 is 0 Å². The molecule has 0 bridgehead atoms. The molecule has 0 radical (unpaired) electrons. The number of nitrogens with zero attached hydrogens (tertiary/aromatic N) is 2. The Morgan fingerprint density at radius 1 is 1.35 bits per heavy atom. The number of aromatic nitrogens is 1. The summed E-state index contributed by atoms with van der Waals surface area (Å²) in [5.41, 5.74) is 1.37. The van der Waals surface area contributed by atoms with Crippen molar-refractivity contribution in [2.75, 3.05) is 7.05 Å². The van der Waals surface area contributed by atoms with E-state index in [4.69, 9.17) is 23.2 Å². The summed E-state index contributed by atoms with van der Waals surface area (Å²) in [5.74, 6) is -0.107. The Morgan fingerprint density at radius 3 is 2.80 bits per heavy atom. The molecule has 1 amide bonds. The molecular weight excluding hydrogens is 363 g/mol. The van der Waals surface area contributed by atoms with Gasteiger partial charge < -0.3 is 4.90 Å². The summed E-state index contributed by atoms with van der Waals surface area (Å²) >= 11 is 15.3. The van der Waals surface area contributed by atoms with E-state index in [0.717, 1.165) is 5.56 Å². The highest BCUT2D eigenvalue weighted by atomic mass is 79.9. The molecular formula is C14H11BrCl2N2O. The predicted molar refractivity (Wildman–Crippen MR) is 84.2 cm³/mol. The molecule has 0 aliphatic heterocycles. The fourth-order valence-corrected chi connectivity index (χ4v) is 2.50. The minimum Gasteiger partial charge on any atom is -0.337 e. The molecule has 0 N–H and O–H groups in total. The van der Waals surface area contributed by atoms with E-state index < -0.39 is 0 Å². The number of carbonyl (C=O) groups excluding carboxylic acids is 1. The number of halogens is 3. The Morgan fingerprint density at radius 2 is 2.10 bits per heavy atom. The Kier molecular flexibility index (Phi) is 5.02. The van der Waals surface area contributed by atoms with Gasteiger partial charge in [-0.3, -0.25) is 4.79 Å². The number of hydrogen-bond donors (Lipinski definition) is 0. The average molecular weight is 374 g/mol. The van der Waals surface area contributed by atoms with E-state index in [1.807, 2.05) is 12.1 Å². The Balaban J connectivity index is 2.18. The Labute approximate surface area is 135 Å². The number of carbonyl (C=O) groups is 1. The van der Waals surface area contributed by atoms with Crippen LogP contribution in [0.1, 0.15) is 15.9 Å². The summed E-state index contributed by atoms with van der Waals surface area (Å²) in [5, 5.41) is 0.960. The first-order valence-electron chi connectivity index (χ1n) is 5.79. The molecule has 1 aromatic carbocycles. The van der Waals surface area contributed by atoms with Gasteiger partial charge in [-0.2, -0.15) is 0 Å². The average Bonchev–Trinajstić information content (AvgIpc) is 2.43. The van der Waals surface area contributed by atoms with E-state index in [2.05, 4.69) is 20.9 Å². The molecule has 1 aromatic heterocycles. The fourth-order valence-electron chi connectivity index (χ4n) is 1.75. The van der Waals surface area contributed by atoms with Crippen LogP contribution in [0.25, 0.3) is 0 Å². The van der Waals surface area contributed by atoms with Crippen molar-refractivity contribution in [2.45, 2.75) is 6.54 Å². The van der Waals surface area contributed by atoms with Crippen LogP contribution in [0.2, 0.25) is 10.0 Å². The first-order chi connectivity index (χ1) is 9.49. The van der Waals surface area contributed by atoms with Crippen LogP contribution in [0, 0.1) is 0 Å². The van der Waals surface area contributed by atoms with Gasteiger partial charge in [-0.25, -0.2) is 4.98 Å². The quantitative estimate of drug-likeness (QED) is 0.746. The largest absolute Gasteiger partial charge is 0.337 e. The molecule has 6 heteroatoms. The Hall–Kier alpha value is -1.10. The second kappa shape index (κ2) is 6.57. The molecule has 2 rings (SSSR count). The van der Waals surface area contributed by atoms with Gasteiger partial charge in [-0.15, -0.1) is 0 Å². The summed E-state index contributed by atoms with van der Waals surface area (Å²) in [6.45, 7) is 0.387. The maximum Gasteiger partial charge on any atom is 0.254 e. The van der Waals surface area contributed by atoms with Gasteiger partial charge in [-0.05, 0) is 39.7 Å². The van der Waals surface area contributed by atoms with Gasteiger partial charge >= 0.3 is 0 Å². The van der Waals surface area contributed by atoms with E-state index in [1.54, 1.807) is 36.3 Å². The second-order valence-electron chi connectivity index (χ2n) is 4.24. The third-order valence-corrected chi connectivity index (χ3v) is 4.05. The lowest BCUT2D eigenvalue weighted by atomic mass is 10.2. The third kappa shape index (κ3) is 3.51. The van der Waals surface area contributed by atoms with Crippen molar-refractivity contribution in [1.29, 1.82) is 0 Å². The standard InChI is InChI=1S/C14H11BrCl2N2O/c1-19(8-10-3-2-4-11(16)13(10)17)14(20)9-5-6-18-12(15)7-9/h2-7H,8H2,1H3. The molecule has 3 nitrogen and oxygen atoms in total. The molecule has 0 aliphatic rings. The zero-order chi connectivity index (χ0) is 14.7. The number of rotatable bonds is 3. The van der Waals surface area contributed by atoms with Gasteiger partial charge in [0.05, 0.1) is 10.0 Å². The van der Waals surface area contributed by atoms with E-state index >= 15 is 0 Å². The fraction of sp³-hybridized carbons (Fsp3) is 0.143. The van der Waals surface area contributed by atoms with Crippen molar-refractivity contribution in [1.82, 2.24) is 9.88 Å². The molecule has 0 fully saturated rings. The van der Waals surface area contributed by atoms with Crippen LogP contribution in [-0.2, 0) is 6.54 Å². The van der Waals surface area contributed by atoms with E-state index in [-0.39, 0.29) is 5.91 Å². The second-order valence-corrected chi connectivity index (χ2v) is 5.84. The molecule has 20 heavy (non-hydrogen) atoms. The van der Waals surface area contributed by atoms with Crippen LogP contribution in [0.3, 0.4) is 0 Å². The van der Waals surface area contributed by atoms with Crippen LogP contribution >= 0.6 is 39.1 Å². The summed E-state index contributed by atoms with van der Waals surface area (Å²) in [7, 11) is 1.72. The molecule has 0 saturated heterocycles. The highest BCUT2D eigenvalue weighted by Crippen LogP contribution is 2.26. The van der Waals surface area contributed by atoms with Gasteiger partial charge in [-0.1, -0.05) is 35.3 Å².